The summed E-state index contributed by atoms with van der Waals surface area (Å²) in [6, 6.07) is 12.9. The van der Waals surface area contributed by atoms with Gasteiger partial charge in [-0.25, -0.2) is 19.3 Å². The van der Waals surface area contributed by atoms with Crippen LogP contribution in [0.3, 0.4) is 0 Å². The highest BCUT2D eigenvalue weighted by atomic mass is 16.6. The second kappa shape index (κ2) is 10.3. The fourth-order valence-corrected chi connectivity index (χ4v) is 4.65. The van der Waals surface area contributed by atoms with Crippen LogP contribution in [0.2, 0.25) is 0 Å². The van der Waals surface area contributed by atoms with Crippen LogP contribution in [0, 0.1) is 0 Å². The number of hydrogen-bond acceptors (Lipinski definition) is 9. The minimum atomic E-state index is -1.52. The van der Waals surface area contributed by atoms with Crippen LogP contribution in [0.4, 0.5) is 5.69 Å². The molecule has 1 aliphatic rings. The standard InChI is InChI=1S/C27H27N5O5/c1-3-35-25(33)27(26(34)36-4-2)12-6-14-31(27)20-8-11-24(29-18-20)37-22-9-10-23-19(15-22)16-30-32(23)21-7-5-13-28-17-21/h5,7-11,13,15-18H,3-4,6,12,14H2,1-2H3. The molecule has 0 spiro atoms. The fraction of sp³-hybridized carbons (Fsp3) is 0.296. The van der Waals surface area contributed by atoms with Crippen LogP contribution < -0.4 is 9.64 Å². The normalized spacial score (nSPS) is 14.5. The molecule has 0 N–H and O–H groups in total. The van der Waals surface area contributed by atoms with E-state index in [0.29, 0.717) is 36.7 Å². The molecule has 1 saturated heterocycles. The largest absolute Gasteiger partial charge is 0.464 e. The van der Waals surface area contributed by atoms with Gasteiger partial charge in [0, 0.05) is 24.2 Å². The maximum Gasteiger partial charge on any atom is 0.343 e. The zero-order valence-electron chi connectivity index (χ0n) is 20.7. The predicted molar refractivity (Wildman–Crippen MR) is 136 cm³/mol. The Morgan fingerprint density at radius 1 is 0.973 bits per heavy atom. The molecule has 0 aliphatic carbocycles. The Hall–Kier alpha value is -4.47. The fourth-order valence-electron chi connectivity index (χ4n) is 4.65. The van der Waals surface area contributed by atoms with E-state index in [2.05, 4.69) is 15.1 Å². The molecule has 1 fully saturated rings. The third-order valence-electron chi connectivity index (χ3n) is 6.29. The zero-order valence-corrected chi connectivity index (χ0v) is 20.7. The van der Waals surface area contributed by atoms with E-state index in [9.17, 15) is 9.59 Å². The molecule has 190 valence electrons. The van der Waals surface area contributed by atoms with Crippen LogP contribution in [-0.2, 0) is 19.1 Å². The number of fused-ring (bicyclic) bond motifs is 1. The van der Waals surface area contributed by atoms with E-state index in [0.717, 1.165) is 16.6 Å². The van der Waals surface area contributed by atoms with Crippen molar-refractivity contribution in [3.63, 3.8) is 0 Å². The van der Waals surface area contributed by atoms with Crippen LogP contribution in [0.5, 0.6) is 11.6 Å². The van der Waals surface area contributed by atoms with Gasteiger partial charge in [0.1, 0.15) is 5.75 Å². The average Bonchev–Trinajstić information content (AvgIpc) is 3.55. The van der Waals surface area contributed by atoms with Gasteiger partial charge < -0.3 is 19.1 Å². The molecule has 0 radical (unpaired) electrons. The van der Waals surface area contributed by atoms with E-state index in [4.69, 9.17) is 14.2 Å². The second-order valence-corrected chi connectivity index (χ2v) is 8.50. The number of carbonyl (C=O) groups is 2. The molecule has 0 bridgehead atoms. The van der Waals surface area contributed by atoms with Gasteiger partial charge in [-0.3, -0.25) is 4.98 Å². The molecule has 10 heteroatoms. The quantitative estimate of drug-likeness (QED) is 0.261. The molecule has 1 aliphatic heterocycles. The number of esters is 2. The Kier molecular flexibility index (Phi) is 6.72. The monoisotopic (exact) mass is 501 g/mol. The van der Waals surface area contributed by atoms with E-state index < -0.39 is 17.5 Å². The maximum absolute atomic E-state index is 13.0. The summed E-state index contributed by atoms with van der Waals surface area (Å²) < 4.78 is 18.4. The van der Waals surface area contributed by atoms with Crippen molar-refractivity contribution in [3.8, 4) is 17.3 Å². The molecule has 1 aromatic carbocycles. The summed E-state index contributed by atoms with van der Waals surface area (Å²) in [5.74, 6) is -0.232. The summed E-state index contributed by atoms with van der Waals surface area (Å²) in [6.45, 7) is 4.27. The van der Waals surface area contributed by atoms with E-state index in [1.165, 1.54) is 0 Å². The lowest BCUT2D eigenvalue weighted by Crippen LogP contribution is -2.58. The second-order valence-electron chi connectivity index (χ2n) is 8.50. The first-order valence-electron chi connectivity index (χ1n) is 12.2. The minimum absolute atomic E-state index is 0.171. The summed E-state index contributed by atoms with van der Waals surface area (Å²) >= 11 is 0. The molecular weight excluding hydrogens is 474 g/mol. The third kappa shape index (κ3) is 4.46. The van der Waals surface area contributed by atoms with Gasteiger partial charge in [0.15, 0.2) is 0 Å². The van der Waals surface area contributed by atoms with Crippen molar-refractivity contribution in [1.29, 1.82) is 0 Å². The van der Waals surface area contributed by atoms with Gasteiger partial charge in [0.25, 0.3) is 0 Å². The van der Waals surface area contributed by atoms with Gasteiger partial charge >= 0.3 is 11.9 Å². The molecule has 3 aromatic heterocycles. The van der Waals surface area contributed by atoms with Gasteiger partial charge in [-0.05, 0) is 63.1 Å². The molecule has 0 unspecified atom stereocenters. The van der Waals surface area contributed by atoms with Crippen molar-refractivity contribution in [3.05, 3.63) is 67.3 Å². The molecule has 0 amide bonds. The highest BCUT2D eigenvalue weighted by molar-refractivity contribution is 6.09. The van der Waals surface area contributed by atoms with Gasteiger partial charge in [-0.2, -0.15) is 5.10 Å². The van der Waals surface area contributed by atoms with Crippen LogP contribution in [0.25, 0.3) is 16.6 Å². The number of pyridine rings is 2. The number of benzene rings is 1. The smallest absolute Gasteiger partial charge is 0.343 e. The summed E-state index contributed by atoms with van der Waals surface area (Å²) in [5, 5.41) is 5.37. The van der Waals surface area contributed by atoms with E-state index >= 15 is 0 Å². The van der Waals surface area contributed by atoms with Crippen molar-refractivity contribution in [2.45, 2.75) is 32.2 Å². The Balaban J connectivity index is 1.37. The maximum atomic E-state index is 13.0. The van der Waals surface area contributed by atoms with Crippen LogP contribution in [-0.4, -0.2) is 57.0 Å². The number of carbonyl (C=O) groups excluding carboxylic acids is 2. The lowest BCUT2D eigenvalue weighted by Gasteiger charge is -2.35. The Bertz CT molecular complexity index is 1390. The summed E-state index contributed by atoms with van der Waals surface area (Å²) in [4.78, 5) is 36.2. The molecular formula is C27H27N5O5. The van der Waals surface area contributed by atoms with Crippen molar-refractivity contribution >= 4 is 28.5 Å². The number of rotatable bonds is 8. The average molecular weight is 502 g/mol. The van der Waals surface area contributed by atoms with Crippen molar-refractivity contribution in [2.24, 2.45) is 0 Å². The van der Waals surface area contributed by atoms with Gasteiger partial charge in [0.2, 0.25) is 11.4 Å². The van der Waals surface area contributed by atoms with Crippen molar-refractivity contribution < 1.29 is 23.8 Å². The summed E-state index contributed by atoms with van der Waals surface area (Å²) in [7, 11) is 0. The van der Waals surface area contributed by atoms with Crippen LogP contribution in [0.1, 0.15) is 26.7 Å². The molecule has 0 atom stereocenters. The van der Waals surface area contributed by atoms with Crippen molar-refractivity contribution in [2.75, 3.05) is 24.7 Å². The molecule has 5 rings (SSSR count). The Labute approximate surface area is 213 Å². The number of anilines is 1. The van der Waals surface area contributed by atoms with Crippen LogP contribution >= 0.6 is 0 Å². The van der Waals surface area contributed by atoms with Gasteiger partial charge in [-0.1, -0.05) is 0 Å². The van der Waals surface area contributed by atoms with Gasteiger partial charge in [0.05, 0.1) is 48.7 Å². The molecule has 37 heavy (non-hydrogen) atoms. The van der Waals surface area contributed by atoms with Gasteiger partial charge in [-0.15, -0.1) is 0 Å². The topological polar surface area (TPSA) is 109 Å². The third-order valence-corrected chi connectivity index (χ3v) is 6.29. The molecule has 4 aromatic rings. The SMILES string of the molecule is CCOC(=O)C1(C(=O)OCC)CCCN1c1ccc(Oc2ccc3c(cnn3-c3cccnc3)c2)nc1. The predicted octanol–water partition coefficient (Wildman–Crippen LogP) is 4.07. The summed E-state index contributed by atoms with van der Waals surface area (Å²) in [5.41, 5.74) is 0.883. The van der Waals surface area contributed by atoms with Crippen LogP contribution in [0.15, 0.2) is 67.3 Å². The minimum Gasteiger partial charge on any atom is -0.464 e. The zero-order chi connectivity index (χ0) is 25.8. The lowest BCUT2D eigenvalue weighted by atomic mass is 9.95. The molecule has 4 heterocycles. The first-order chi connectivity index (χ1) is 18.1. The highest BCUT2D eigenvalue weighted by Crippen LogP contribution is 2.37. The molecule has 10 nitrogen and oxygen atoms in total. The lowest BCUT2D eigenvalue weighted by molar-refractivity contribution is -0.163. The van der Waals surface area contributed by atoms with E-state index in [1.807, 2.05) is 35.0 Å². The Morgan fingerprint density at radius 3 is 2.46 bits per heavy atom. The number of nitrogens with zero attached hydrogens (tertiary/aromatic N) is 5. The summed E-state index contributed by atoms with van der Waals surface area (Å²) in [6.07, 6.45) is 7.78. The van der Waals surface area contributed by atoms with Crippen molar-refractivity contribution in [1.82, 2.24) is 19.7 Å². The number of aromatic nitrogens is 4. The van der Waals surface area contributed by atoms with E-state index in [1.54, 1.807) is 55.7 Å². The first-order valence-corrected chi connectivity index (χ1v) is 12.2. The molecule has 0 saturated carbocycles. The number of ether oxygens (including phenoxy) is 3. The first kappa shape index (κ1) is 24.2. The number of hydrogen-bond donors (Lipinski definition) is 0. The Morgan fingerprint density at radius 2 is 1.78 bits per heavy atom. The highest BCUT2D eigenvalue weighted by Gasteiger charge is 2.56. The van der Waals surface area contributed by atoms with E-state index in [-0.39, 0.29) is 13.2 Å².